The molecule has 2 aromatic carbocycles. The second kappa shape index (κ2) is 13.6. The molecule has 2 amide bonds. The van der Waals surface area contributed by atoms with Gasteiger partial charge in [0.25, 0.3) is 5.91 Å². The highest BCUT2D eigenvalue weighted by molar-refractivity contribution is 7.18. The largest absolute Gasteiger partial charge is 0.495 e. The number of nitrogens with zero attached hydrogens (tertiary/aromatic N) is 3. The van der Waals surface area contributed by atoms with Gasteiger partial charge < -0.3 is 35.3 Å². The number of thiophene rings is 1. The van der Waals surface area contributed by atoms with Gasteiger partial charge in [-0.1, -0.05) is 36.4 Å². The van der Waals surface area contributed by atoms with Gasteiger partial charge >= 0.3 is 6.09 Å². The minimum absolute atomic E-state index is 0.216. The molecule has 3 aromatic heterocycles. The molecule has 0 bridgehead atoms. The molecule has 0 radical (unpaired) electrons. The van der Waals surface area contributed by atoms with E-state index in [4.69, 9.17) is 15.2 Å². The van der Waals surface area contributed by atoms with Crippen molar-refractivity contribution < 1.29 is 19.1 Å². The Bertz CT molecular complexity index is 1920. The topological polar surface area (TPSA) is 124 Å². The van der Waals surface area contributed by atoms with E-state index in [1.165, 1.54) is 0 Å². The average molecular weight is 639 g/mol. The Morgan fingerprint density at radius 3 is 2.72 bits per heavy atom. The summed E-state index contributed by atoms with van der Waals surface area (Å²) in [6.45, 7) is 4.32. The summed E-state index contributed by atoms with van der Waals surface area (Å²) in [6, 6.07) is 15.9. The van der Waals surface area contributed by atoms with Crippen LogP contribution < -0.4 is 21.1 Å². The average Bonchev–Trinajstić information content (AvgIpc) is 3.67. The summed E-state index contributed by atoms with van der Waals surface area (Å²) < 4.78 is 13.8. The van der Waals surface area contributed by atoms with Crippen LogP contribution in [0.3, 0.4) is 0 Å². The Hall–Kier alpha value is -4.87. The summed E-state index contributed by atoms with van der Waals surface area (Å²) in [5, 5.41) is 10.6. The van der Waals surface area contributed by atoms with Crippen molar-refractivity contribution in [1.82, 2.24) is 19.8 Å². The van der Waals surface area contributed by atoms with Gasteiger partial charge in [0.1, 0.15) is 17.3 Å². The molecule has 0 unspecified atom stereocenters. The molecule has 5 aromatic rings. The molecule has 0 saturated carbocycles. The highest BCUT2D eigenvalue weighted by Gasteiger charge is 2.23. The van der Waals surface area contributed by atoms with Crippen LogP contribution in [0.4, 0.5) is 16.3 Å². The second-order valence-electron chi connectivity index (χ2n) is 11.2. The van der Waals surface area contributed by atoms with Gasteiger partial charge in [-0.2, -0.15) is 0 Å². The van der Waals surface area contributed by atoms with E-state index in [1.54, 1.807) is 29.5 Å². The van der Waals surface area contributed by atoms with E-state index >= 15 is 0 Å². The standard InChI is InChI=1S/C35H38N6O4S/c1-4-45-35(43)41-16-13-25(14-17-41)37-15-7-9-24-20-38-33(36)31-26(21-46-32(24)31)22-11-12-27(30(19-22)44-3)39-34(42)29-18-23-8-5-6-10-28(23)40(29)2/h5-12,18-21,25,37H,4,13-17H2,1-3H3,(H2,36,38)(H,39,42). The number of nitrogens with two attached hydrogens (primary N) is 1. The van der Waals surface area contributed by atoms with Gasteiger partial charge in [0.2, 0.25) is 0 Å². The van der Waals surface area contributed by atoms with Gasteiger partial charge in [0.15, 0.2) is 0 Å². The van der Waals surface area contributed by atoms with Crippen LogP contribution in [0.15, 0.2) is 66.2 Å². The summed E-state index contributed by atoms with van der Waals surface area (Å²) in [6.07, 6.45) is 7.53. The van der Waals surface area contributed by atoms with Crippen LogP contribution in [0.1, 0.15) is 35.8 Å². The lowest BCUT2D eigenvalue weighted by Gasteiger charge is -2.31. The minimum atomic E-state index is -0.228. The number of piperidine rings is 1. The molecule has 1 aliphatic heterocycles. The van der Waals surface area contributed by atoms with E-state index < -0.39 is 0 Å². The number of anilines is 2. The fourth-order valence-electron chi connectivity index (χ4n) is 5.97. The predicted octanol–water partition coefficient (Wildman–Crippen LogP) is 6.52. The van der Waals surface area contributed by atoms with Crippen molar-refractivity contribution in [3.63, 3.8) is 0 Å². The number of benzene rings is 2. The van der Waals surface area contributed by atoms with Crippen LogP contribution in [0.5, 0.6) is 5.75 Å². The lowest BCUT2D eigenvalue weighted by molar-refractivity contribution is 0.0953. The number of nitrogens with one attached hydrogen (secondary N) is 2. The quantitative estimate of drug-likeness (QED) is 0.168. The zero-order valence-electron chi connectivity index (χ0n) is 26.2. The number of methoxy groups -OCH3 is 1. The molecule has 0 atom stereocenters. The molecule has 238 valence electrons. The molecular weight excluding hydrogens is 600 g/mol. The smallest absolute Gasteiger partial charge is 0.409 e. The lowest BCUT2D eigenvalue weighted by atomic mass is 10.0. The molecule has 1 fully saturated rings. The molecule has 0 spiro atoms. The van der Waals surface area contributed by atoms with E-state index in [1.807, 2.05) is 67.1 Å². The SMILES string of the molecule is CCOC(=O)N1CCC(NCC=Cc2cnc(N)c3c(-c4ccc(NC(=O)c5cc6ccccc6n5C)c(OC)c4)csc23)CC1. The zero-order chi connectivity index (χ0) is 32.2. The minimum Gasteiger partial charge on any atom is -0.495 e. The van der Waals surface area contributed by atoms with E-state index in [9.17, 15) is 9.59 Å². The first-order valence-corrected chi connectivity index (χ1v) is 16.3. The molecule has 46 heavy (non-hydrogen) atoms. The number of hydrogen-bond donors (Lipinski definition) is 3. The van der Waals surface area contributed by atoms with Crippen molar-refractivity contribution >= 4 is 61.9 Å². The Morgan fingerprint density at radius 1 is 1.15 bits per heavy atom. The maximum Gasteiger partial charge on any atom is 0.409 e. The molecule has 1 saturated heterocycles. The number of fused-ring (bicyclic) bond motifs is 2. The van der Waals surface area contributed by atoms with Crippen LogP contribution in [-0.4, -0.2) is 65.8 Å². The number of ether oxygens (including phenoxy) is 2. The number of amides is 2. The number of likely N-dealkylation sites (tertiary alicyclic amines) is 1. The van der Waals surface area contributed by atoms with Crippen molar-refractivity contribution in [1.29, 1.82) is 0 Å². The number of carbonyl (C=O) groups excluding carboxylic acids is 2. The molecular formula is C35H38N6O4S. The molecule has 0 aliphatic carbocycles. The molecule has 1 aliphatic rings. The number of nitrogen functional groups attached to an aromatic ring is 1. The molecule has 6 rings (SSSR count). The van der Waals surface area contributed by atoms with Crippen LogP contribution in [0.2, 0.25) is 0 Å². The lowest BCUT2D eigenvalue weighted by Crippen LogP contribution is -2.45. The van der Waals surface area contributed by atoms with Crippen molar-refractivity contribution in [2.45, 2.75) is 25.8 Å². The van der Waals surface area contributed by atoms with E-state index in [-0.39, 0.29) is 12.0 Å². The summed E-state index contributed by atoms with van der Waals surface area (Å²) in [5.41, 5.74) is 11.4. The molecule has 4 N–H and O–H groups in total. The van der Waals surface area contributed by atoms with Crippen molar-refractivity contribution in [2.24, 2.45) is 7.05 Å². The number of rotatable bonds is 9. The Balaban J connectivity index is 1.15. The number of carbonyl (C=O) groups is 2. The maximum absolute atomic E-state index is 13.3. The fraction of sp³-hybridized carbons (Fsp3) is 0.286. The predicted molar refractivity (Wildman–Crippen MR) is 186 cm³/mol. The Morgan fingerprint density at radius 2 is 1.96 bits per heavy atom. The number of pyridine rings is 1. The summed E-state index contributed by atoms with van der Waals surface area (Å²) in [7, 11) is 3.48. The number of aryl methyl sites for hydroxylation is 1. The number of para-hydroxylation sites is 1. The van der Waals surface area contributed by atoms with E-state index in [2.05, 4.69) is 33.1 Å². The van der Waals surface area contributed by atoms with E-state index in [0.29, 0.717) is 55.2 Å². The van der Waals surface area contributed by atoms with E-state index in [0.717, 1.165) is 50.5 Å². The van der Waals surface area contributed by atoms with Gasteiger partial charge in [0.05, 0.1) is 19.4 Å². The summed E-state index contributed by atoms with van der Waals surface area (Å²) in [4.78, 5) is 31.5. The normalized spacial score (nSPS) is 13.9. The maximum atomic E-state index is 13.3. The third-order valence-corrected chi connectivity index (χ3v) is 9.47. The van der Waals surface area contributed by atoms with Crippen LogP contribution in [-0.2, 0) is 11.8 Å². The Kier molecular flexibility index (Phi) is 9.23. The summed E-state index contributed by atoms with van der Waals surface area (Å²) >= 11 is 1.62. The van der Waals surface area contributed by atoms with Crippen LogP contribution in [0.25, 0.3) is 38.2 Å². The van der Waals surface area contributed by atoms with Gasteiger partial charge in [-0.25, -0.2) is 9.78 Å². The number of aromatic nitrogens is 2. The third kappa shape index (κ3) is 6.29. The molecule has 4 heterocycles. The second-order valence-corrected chi connectivity index (χ2v) is 12.1. The van der Waals surface area contributed by atoms with Crippen molar-refractivity contribution in [2.75, 3.05) is 44.4 Å². The number of hydrogen-bond acceptors (Lipinski definition) is 8. The van der Waals surface area contributed by atoms with Crippen molar-refractivity contribution in [3.05, 3.63) is 77.4 Å². The van der Waals surface area contributed by atoms with Gasteiger partial charge in [-0.05, 0) is 55.0 Å². The third-order valence-electron chi connectivity index (χ3n) is 8.44. The van der Waals surface area contributed by atoms with Gasteiger partial charge in [0, 0.05) is 71.0 Å². The molecule has 10 nitrogen and oxygen atoms in total. The monoisotopic (exact) mass is 638 g/mol. The van der Waals surface area contributed by atoms with Crippen LogP contribution in [0, 0.1) is 0 Å². The first-order valence-electron chi connectivity index (χ1n) is 15.4. The first kappa shape index (κ1) is 31.1. The van der Waals surface area contributed by atoms with Gasteiger partial charge in [-0.15, -0.1) is 11.3 Å². The first-order chi connectivity index (χ1) is 22.4. The zero-order valence-corrected chi connectivity index (χ0v) is 27.0. The summed E-state index contributed by atoms with van der Waals surface area (Å²) in [5.74, 6) is 0.792. The van der Waals surface area contributed by atoms with Crippen LogP contribution >= 0.6 is 11.3 Å². The van der Waals surface area contributed by atoms with Crippen molar-refractivity contribution in [3.8, 4) is 16.9 Å². The van der Waals surface area contributed by atoms with Gasteiger partial charge in [-0.3, -0.25) is 4.79 Å². The fourth-order valence-corrected chi connectivity index (χ4v) is 7.05. The highest BCUT2D eigenvalue weighted by atomic mass is 32.1. The molecule has 11 heteroatoms. The Labute approximate surface area is 271 Å². The highest BCUT2D eigenvalue weighted by Crippen LogP contribution is 2.41.